The van der Waals surface area contributed by atoms with Gasteiger partial charge in [0.2, 0.25) is 5.13 Å². The van der Waals surface area contributed by atoms with Crippen LogP contribution in [0.2, 0.25) is 0 Å². The molecular weight excluding hydrogens is 444 g/mol. The molecule has 3 aromatic carbocycles. The van der Waals surface area contributed by atoms with E-state index < -0.39 is 0 Å². The third-order valence-corrected chi connectivity index (χ3v) is 6.06. The maximum Gasteiger partial charge on any atom is 0.268 e. The molecule has 0 amide bonds. The van der Waals surface area contributed by atoms with Crippen LogP contribution in [0.1, 0.15) is 22.0 Å². The first-order valence-electron chi connectivity index (χ1n) is 10.6. The van der Waals surface area contributed by atoms with Gasteiger partial charge in [0.1, 0.15) is 16.6 Å². The van der Waals surface area contributed by atoms with E-state index in [1.54, 1.807) is 13.2 Å². The number of fused-ring (bicyclic) bond motifs is 1. The van der Waals surface area contributed by atoms with Crippen LogP contribution in [0.15, 0.2) is 83.7 Å². The molecule has 0 aliphatic carbocycles. The molecule has 166 valence electrons. The van der Waals surface area contributed by atoms with Crippen LogP contribution in [-0.4, -0.2) is 26.9 Å². The molecule has 0 spiro atoms. The Hall–Kier alpha value is -4.36. The largest absolute Gasteiger partial charge is 0.497 e. The summed E-state index contributed by atoms with van der Waals surface area (Å²) in [6.45, 7) is 0. The predicted octanol–water partition coefficient (Wildman–Crippen LogP) is 5.59. The summed E-state index contributed by atoms with van der Waals surface area (Å²) in [5, 5.41) is 10.2. The second kappa shape index (κ2) is 9.64. The first-order chi connectivity index (χ1) is 16.7. The van der Waals surface area contributed by atoms with E-state index in [0.29, 0.717) is 26.9 Å². The van der Waals surface area contributed by atoms with Gasteiger partial charge >= 0.3 is 0 Å². The van der Waals surface area contributed by atoms with E-state index in [9.17, 15) is 4.79 Å². The lowest BCUT2D eigenvalue weighted by Crippen LogP contribution is -2.22. The van der Waals surface area contributed by atoms with E-state index >= 15 is 0 Å². The highest BCUT2D eigenvalue weighted by Crippen LogP contribution is 2.20. The van der Waals surface area contributed by atoms with Gasteiger partial charge in [-0.1, -0.05) is 78.1 Å². The van der Waals surface area contributed by atoms with E-state index in [-0.39, 0.29) is 5.56 Å². The summed E-state index contributed by atoms with van der Waals surface area (Å²) >= 11 is 1.33. The highest BCUT2D eigenvalue weighted by molar-refractivity contribution is 7.14. The van der Waals surface area contributed by atoms with Crippen LogP contribution in [0, 0.1) is 0 Å². The van der Waals surface area contributed by atoms with Gasteiger partial charge in [-0.15, -0.1) is 10.2 Å². The molecule has 0 saturated carbocycles. The molecule has 0 fully saturated rings. The molecule has 0 N–H and O–H groups in total. The molecule has 0 unspecified atom stereocenters. The fourth-order valence-electron chi connectivity index (χ4n) is 3.45. The average molecular weight is 465 g/mol. The summed E-state index contributed by atoms with van der Waals surface area (Å²) in [7, 11) is 1.63. The second-order valence-electron chi connectivity index (χ2n) is 7.40. The maximum absolute atomic E-state index is 13.4. The van der Waals surface area contributed by atoms with Crippen molar-refractivity contribution in [2.45, 2.75) is 0 Å². The minimum absolute atomic E-state index is 0.185. The smallest absolute Gasteiger partial charge is 0.268 e. The maximum atomic E-state index is 13.4. The number of rotatable bonds is 6. The number of nitrogens with zero attached hydrogens (tertiary/aromatic N) is 4. The SMILES string of the molecule is COc1ccc(/C=C/c2nc3ccccc3c(=O)n2-c2nnc(/C=C/c3ccccc3)s2)cc1. The van der Waals surface area contributed by atoms with Crippen molar-refractivity contribution >= 4 is 46.5 Å². The van der Waals surface area contributed by atoms with Gasteiger partial charge in [-0.2, -0.15) is 0 Å². The van der Waals surface area contributed by atoms with Gasteiger partial charge in [-0.3, -0.25) is 4.79 Å². The Bertz CT molecular complexity index is 1550. The molecule has 0 radical (unpaired) electrons. The monoisotopic (exact) mass is 464 g/mol. The van der Waals surface area contributed by atoms with E-state index in [2.05, 4.69) is 10.2 Å². The van der Waals surface area contributed by atoms with Crippen LogP contribution in [0.4, 0.5) is 0 Å². The highest BCUT2D eigenvalue weighted by Gasteiger charge is 2.14. The second-order valence-corrected chi connectivity index (χ2v) is 8.39. The zero-order valence-electron chi connectivity index (χ0n) is 18.3. The molecule has 0 saturated heterocycles. The van der Waals surface area contributed by atoms with Crippen molar-refractivity contribution in [1.29, 1.82) is 0 Å². The molecule has 2 heterocycles. The molecule has 2 aromatic heterocycles. The lowest BCUT2D eigenvalue weighted by molar-refractivity contribution is 0.415. The minimum atomic E-state index is -0.185. The van der Waals surface area contributed by atoms with Crippen molar-refractivity contribution in [1.82, 2.24) is 19.7 Å². The van der Waals surface area contributed by atoms with Gasteiger partial charge < -0.3 is 4.74 Å². The fraction of sp³-hybridized carbons (Fsp3) is 0.0370. The summed E-state index contributed by atoms with van der Waals surface area (Å²) < 4.78 is 6.74. The van der Waals surface area contributed by atoms with Crippen molar-refractivity contribution in [3.63, 3.8) is 0 Å². The third-order valence-electron chi connectivity index (χ3n) is 5.18. The summed E-state index contributed by atoms with van der Waals surface area (Å²) in [6.07, 6.45) is 7.58. The Morgan fingerprint density at radius 1 is 0.794 bits per heavy atom. The molecule has 6 nitrogen and oxygen atoms in total. The first kappa shape index (κ1) is 21.5. The van der Waals surface area contributed by atoms with Gasteiger partial charge in [-0.25, -0.2) is 9.55 Å². The normalized spacial score (nSPS) is 11.6. The Kier molecular flexibility index (Phi) is 6.09. The fourth-order valence-corrected chi connectivity index (χ4v) is 4.20. The van der Waals surface area contributed by atoms with E-state index in [1.807, 2.05) is 97.1 Å². The Balaban J connectivity index is 1.56. The van der Waals surface area contributed by atoms with Crippen molar-refractivity contribution in [2.24, 2.45) is 0 Å². The Labute approximate surface area is 200 Å². The number of benzene rings is 3. The molecule has 0 bridgehead atoms. The quantitative estimate of drug-likeness (QED) is 0.328. The van der Waals surface area contributed by atoms with E-state index in [4.69, 9.17) is 9.72 Å². The lowest BCUT2D eigenvalue weighted by atomic mass is 10.2. The number of hydrogen-bond donors (Lipinski definition) is 0. The van der Waals surface area contributed by atoms with Crippen LogP contribution >= 0.6 is 11.3 Å². The first-order valence-corrected chi connectivity index (χ1v) is 11.4. The van der Waals surface area contributed by atoms with Crippen LogP contribution < -0.4 is 10.3 Å². The molecule has 0 aliphatic rings. The number of aromatic nitrogens is 4. The predicted molar refractivity (Wildman–Crippen MR) is 138 cm³/mol. The Morgan fingerprint density at radius 2 is 1.50 bits per heavy atom. The molecule has 5 aromatic rings. The number of para-hydroxylation sites is 1. The van der Waals surface area contributed by atoms with Crippen LogP contribution in [0.25, 0.3) is 40.3 Å². The van der Waals surface area contributed by atoms with Gasteiger partial charge in [0.05, 0.1) is 18.0 Å². The van der Waals surface area contributed by atoms with Gasteiger partial charge in [0.15, 0.2) is 0 Å². The summed E-state index contributed by atoms with van der Waals surface area (Å²) in [4.78, 5) is 18.2. The Morgan fingerprint density at radius 3 is 2.29 bits per heavy atom. The average Bonchev–Trinajstić information content (AvgIpc) is 3.36. The molecule has 5 rings (SSSR count). The van der Waals surface area contributed by atoms with Crippen LogP contribution in [0.3, 0.4) is 0 Å². The molecule has 7 heteroatoms. The molecular formula is C27H20N4O2S. The summed E-state index contributed by atoms with van der Waals surface area (Å²) in [6, 6.07) is 24.9. The van der Waals surface area contributed by atoms with Crippen molar-refractivity contribution in [2.75, 3.05) is 7.11 Å². The minimum Gasteiger partial charge on any atom is -0.497 e. The number of hydrogen-bond acceptors (Lipinski definition) is 6. The van der Waals surface area contributed by atoms with E-state index in [0.717, 1.165) is 16.9 Å². The highest BCUT2D eigenvalue weighted by atomic mass is 32.1. The molecule has 0 aliphatic heterocycles. The molecule has 0 atom stereocenters. The van der Waals surface area contributed by atoms with Crippen LogP contribution in [0.5, 0.6) is 5.75 Å². The van der Waals surface area contributed by atoms with Gasteiger partial charge in [0, 0.05) is 0 Å². The lowest BCUT2D eigenvalue weighted by Gasteiger charge is -2.07. The summed E-state index contributed by atoms with van der Waals surface area (Å²) in [5.74, 6) is 1.26. The van der Waals surface area contributed by atoms with E-state index in [1.165, 1.54) is 15.9 Å². The zero-order chi connectivity index (χ0) is 23.3. The van der Waals surface area contributed by atoms with Crippen molar-refractivity contribution in [3.8, 4) is 10.9 Å². The molecule has 34 heavy (non-hydrogen) atoms. The number of methoxy groups -OCH3 is 1. The van der Waals surface area contributed by atoms with Crippen LogP contribution in [-0.2, 0) is 0 Å². The standard InChI is InChI=1S/C27H20N4O2S/c1-33-21-15-11-20(12-16-21)13-17-24-28-23-10-6-5-9-22(23)26(32)31(24)27-30-29-25(34-27)18-14-19-7-3-2-4-8-19/h2-18H,1H3/b17-13+,18-14+. The summed E-state index contributed by atoms with van der Waals surface area (Å²) in [5.41, 5.74) is 2.46. The topological polar surface area (TPSA) is 69.9 Å². The van der Waals surface area contributed by atoms with Gasteiger partial charge in [-0.05, 0) is 47.5 Å². The van der Waals surface area contributed by atoms with Crippen molar-refractivity contribution < 1.29 is 4.74 Å². The third kappa shape index (κ3) is 4.55. The zero-order valence-corrected chi connectivity index (χ0v) is 19.1. The van der Waals surface area contributed by atoms with Crippen molar-refractivity contribution in [3.05, 3.63) is 111 Å². The van der Waals surface area contributed by atoms with Gasteiger partial charge in [0.25, 0.3) is 5.56 Å². The number of ether oxygens (including phenoxy) is 1.